The first-order valence-electron chi connectivity index (χ1n) is 10.8. The van der Waals surface area contributed by atoms with Crippen LogP contribution in [0.5, 0.6) is 0 Å². The van der Waals surface area contributed by atoms with Crippen LogP contribution >= 0.6 is 22.9 Å². The van der Waals surface area contributed by atoms with Crippen LogP contribution in [-0.2, 0) is 4.74 Å². The van der Waals surface area contributed by atoms with Crippen molar-refractivity contribution in [2.24, 2.45) is 10.7 Å². The molecule has 0 atom stereocenters. The molecule has 0 spiro atoms. The largest absolute Gasteiger partial charge is 0.379 e. The molecule has 1 aromatic heterocycles. The number of rotatable bonds is 8. The molecule has 0 unspecified atom stereocenters. The number of aliphatic imine (C=N–C) groups is 1. The van der Waals surface area contributed by atoms with Crippen molar-refractivity contribution in [3.8, 4) is 0 Å². The number of para-hydroxylation sites is 1. The van der Waals surface area contributed by atoms with Crippen molar-refractivity contribution in [1.82, 2.24) is 20.5 Å². The molecule has 1 aromatic carbocycles. The van der Waals surface area contributed by atoms with Crippen molar-refractivity contribution in [3.05, 3.63) is 51.6 Å². The van der Waals surface area contributed by atoms with Crippen LogP contribution in [0.2, 0.25) is 5.02 Å². The lowest BCUT2D eigenvalue weighted by molar-refractivity contribution is 0.0385. The summed E-state index contributed by atoms with van der Waals surface area (Å²) in [6.45, 7) is 8.64. The van der Waals surface area contributed by atoms with Gasteiger partial charge in [-0.1, -0.05) is 35.1 Å². The number of halogens is 1. The van der Waals surface area contributed by atoms with E-state index in [1.165, 1.54) is 6.20 Å². The molecule has 2 aromatic rings. The van der Waals surface area contributed by atoms with Crippen LogP contribution < -0.4 is 21.3 Å². The summed E-state index contributed by atoms with van der Waals surface area (Å²) in [6, 6.07) is 5.80. The third kappa shape index (κ3) is 6.10. The normalized spacial score (nSPS) is 18.3. The molecule has 176 valence electrons. The van der Waals surface area contributed by atoms with E-state index in [-0.39, 0.29) is 0 Å². The monoisotopic (exact) mass is 489 g/mol. The number of anilines is 1. The molecule has 11 heteroatoms. The number of benzene rings is 1. The average Bonchev–Trinajstić information content (AvgIpc) is 3.27. The van der Waals surface area contributed by atoms with E-state index in [0.29, 0.717) is 34.1 Å². The number of carbonyl (C=O) groups excluding carboxylic acids is 1. The third-order valence-electron chi connectivity index (χ3n) is 5.47. The molecule has 4 rings (SSSR count). The number of nitrogens with one attached hydrogen (secondary N) is 2. The minimum Gasteiger partial charge on any atom is -0.379 e. The fourth-order valence-corrected chi connectivity index (χ4v) is 4.70. The second kappa shape index (κ2) is 11.1. The van der Waals surface area contributed by atoms with E-state index in [4.69, 9.17) is 27.1 Å². The van der Waals surface area contributed by atoms with Crippen LogP contribution in [0.4, 0.5) is 10.8 Å². The lowest BCUT2D eigenvalue weighted by atomic mass is 10.1. The van der Waals surface area contributed by atoms with Gasteiger partial charge in [0, 0.05) is 44.5 Å². The number of hydrogen-bond acceptors (Lipinski definition) is 8. The molecular weight excluding hydrogens is 462 g/mol. The Bertz CT molecular complexity index is 1030. The van der Waals surface area contributed by atoms with Crippen molar-refractivity contribution >= 4 is 45.5 Å². The van der Waals surface area contributed by atoms with E-state index in [1.807, 2.05) is 36.1 Å². The summed E-state index contributed by atoms with van der Waals surface area (Å²) in [5, 5.41) is 8.06. The Morgan fingerprint density at radius 2 is 2.21 bits per heavy atom. The van der Waals surface area contributed by atoms with Crippen molar-refractivity contribution in [3.63, 3.8) is 0 Å². The lowest BCUT2D eigenvalue weighted by Crippen LogP contribution is -2.45. The lowest BCUT2D eigenvalue weighted by Gasteiger charge is -2.32. The van der Waals surface area contributed by atoms with Gasteiger partial charge in [0.1, 0.15) is 10.7 Å². The summed E-state index contributed by atoms with van der Waals surface area (Å²) >= 11 is 7.71. The van der Waals surface area contributed by atoms with Gasteiger partial charge in [-0.2, -0.15) is 0 Å². The molecule has 3 heterocycles. The van der Waals surface area contributed by atoms with Crippen LogP contribution in [-0.4, -0.2) is 74.2 Å². The maximum absolute atomic E-state index is 11.5. The highest BCUT2D eigenvalue weighted by atomic mass is 35.5. The number of amides is 1. The standard InChI is InChI=1S/C22H28ClN7O2S/c1-15-3-2-4-17(23)20(15)30-14-27-16(12-25-5-6-29-7-9-32-10-8-29)11-19(30)28-22-26-13-18(33-22)21(24)31/h2-4,11,13,25,27H,5-10,12,14H2,1H3,(H2,24,31). The van der Waals surface area contributed by atoms with Gasteiger partial charge in [0.05, 0.1) is 36.8 Å². The summed E-state index contributed by atoms with van der Waals surface area (Å²) < 4.78 is 5.40. The summed E-state index contributed by atoms with van der Waals surface area (Å²) in [6.07, 6.45) is 3.44. The molecule has 2 aliphatic heterocycles. The SMILES string of the molecule is Cc1cccc(Cl)c1N1CNC(CNCCN2CCOCC2)=CC1=Nc1ncc(C(N)=O)s1. The second-order valence-corrected chi connectivity index (χ2v) is 9.23. The topological polar surface area (TPSA) is 108 Å². The summed E-state index contributed by atoms with van der Waals surface area (Å²) in [4.78, 5) is 25.2. The molecule has 4 N–H and O–H groups in total. The van der Waals surface area contributed by atoms with Crippen LogP contribution in [0.15, 0.2) is 41.2 Å². The van der Waals surface area contributed by atoms with Gasteiger partial charge in [0.25, 0.3) is 5.91 Å². The Morgan fingerprint density at radius 1 is 1.39 bits per heavy atom. The van der Waals surface area contributed by atoms with Crippen molar-refractivity contribution < 1.29 is 9.53 Å². The first-order chi connectivity index (χ1) is 16.0. The van der Waals surface area contributed by atoms with Gasteiger partial charge in [-0.15, -0.1) is 0 Å². The first kappa shape index (κ1) is 23.7. The molecule has 1 fully saturated rings. The number of morpholine rings is 1. The second-order valence-electron chi connectivity index (χ2n) is 7.81. The number of aryl methyl sites for hydroxylation is 1. The number of nitrogens with zero attached hydrogens (tertiary/aromatic N) is 4. The average molecular weight is 490 g/mol. The van der Waals surface area contributed by atoms with Crippen LogP contribution in [0.25, 0.3) is 0 Å². The molecule has 0 saturated carbocycles. The molecule has 1 saturated heterocycles. The highest BCUT2D eigenvalue weighted by Crippen LogP contribution is 2.32. The van der Waals surface area contributed by atoms with Crippen LogP contribution in [0.3, 0.4) is 0 Å². The number of ether oxygens (including phenoxy) is 1. The zero-order valence-corrected chi connectivity index (χ0v) is 20.1. The van der Waals surface area contributed by atoms with E-state index in [0.717, 1.165) is 67.7 Å². The Hall–Kier alpha value is -2.50. The van der Waals surface area contributed by atoms with Crippen LogP contribution in [0, 0.1) is 6.92 Å². The first-order valence-corrected chi connectivity index (χ1v) is 12.0. The molecule has 0 radical (unpaired) electrons. The van der Waals surface area contributed by atoms with E-state index in [1.54, 1.807) is 0 Å². The predicted octanol–water partition coefficient (Wildman–Crippen LogP) is 2.11. The fraction of sp³-hybridized carbons (Fsp3) is 0.409. The number of hydrogen-bond donors (Lipinski definition) is 3. The highest BCUT2D eigenvalue weighted by Gasteiger charge is 2.22. The number of amidine groups is 1. The Kier molecular flexibility index (Phi) is 7.94. The zero-order valence-electron chi connectivity index (χ0n) is 18.5. The molecule has 0 bridgehead atoms. The maximum Gasteiger partial charge on any atom is 0.260 e. The van der Waals surface area contributed by atoms with Gasteiger partial charge < -0.3 is 26.0 Å². The molecule has 2 aliphatic rings. The third-order valence-corrected chi connectivity index (χ3v) is 6.68. The molecule has 0 aliphatic carbocycles. The van der Waals surface area contributed by atoms with E-state index in [9.17, 15) is 4.79 Å². The highest BCUT2D eigenvalue weighted by molar-refractivity contribution is 7.17. The number of primary amides is 1. The van der Waals surface area contributed by atoms with E-state index in [2.05, 4.69) is 20.5 Å². The molecular formula is C22H28ClN7O2S. The van der Waals surface area contributed by atoms with Crippen molar-refractivity contribution in [2.45, 2.75) is 6.92 Å². The number of thiazole rings is 1. The van der Waals surface area contributed by atoms with Gasteiger partial charge in [0.2, 0.25) is 5.13 Å². The summed E-state index contributed by atoms with van der Waals surface area (Å²) in [7, 11) is 0. The zero-order chi connectivity index (χ0) is 23.2. The minimum atomic E-state index is -0.510. The van der Waals surface area contributed by atoms with Crippen molar-refractivity contribution in [2.75, 3.05) is 57.5 Å². The Balaban J connectivity index is 1.51. The van der Waals surface area contributed by atoms with Gasteiger partial charge in [-0.3, -0.25) is 9.69 Å². The number of carbonyl (C=O) groups is 1. The van der Waals surface area contributed by atoms with E-state index < -0.39 is 5.91 Å². The van der Waals surface area contributed by atoms with Gasteiger partial charge >= 0.3 is 0 Å². The number of nitrogens with two attached hydrogens (primary N) is 1. The van der Waals surface area contributed by atoms with Crippen LogP contribution in [0.1, 0.15) is 15.2 Å². The van der Waals surface area contributed by atoms with E-state index >= 15 is 0 Å². The Morgan fingerprint density at radius 3 is 2.94 bits per heavy atom. The quantitative estimate of drug-likeness (QED) is 0.487. The van der Waals surface area contributed by atoms with Gasteiger partial charge in [-0.25, -0.2) is 9.98 Å². The maximum atomic E-state index is 11.5. The van der Waals surface area contributed by atoms with Gasteiger partial charge in [0.15, 0.2) is 0 Å². The predicted molar refractivity (Wildman–Crippen MR) is 133 cm³/mol. The molecule has 1 amide bonds. The minimum absolute atomic E-state index is 0.373. The molecule has 9 nitrogen and oxygen atoms in total. The van der Waals surface area contributed by atoms with Crippen molar-refractivity contribution in [1.29, 1.82) is 0 Å². The smallest absolute Gasteiger partial charge is 0.260 e. The summed E-state index contributed by atoms with van der Waals surface area (Å²) in [5.41, 5.74) is 8.31. The molecule has 33 heavy (non-hydrogen) atoms. The summed E-state index contributed by atoms with van der Waals surface area (Å²) in [5.74, 6) is 0.184. The Labute approximate surface area is 202 Å². The fourth-order valence-electron chi connectivity index (χ4n) is 3.72. The van der Waals surface area contributed by atoms with Gasteiger partial charge in [-0.05, 0) is 18.6 Å². The number of aromatic nitrogens is 1.